The van der Waals surface area contributed by atoms with E-state index >= 15 is 0 Å². The number of sulfone groups is 1. The van der Waals surface area contributed by atoms with E-state index in [1.807, 2.05) is 6.92 Å². The van der Waals surface area contributed by atoms with Crippen LogP contribution in [0.25, 0.3) is 0 Å². The van der Waals surface area contributed by atoms with Gasteiger partial charge >= 0.3 is 5.97 Å². The third-order valence-electron chi connectivity index (χ3n) is 3.31. The molecule has 2 unspecified atom stereocenters. The molecule has 7 heteroatoms. The van der Waals surface area contributed by atoms with Gasteiger partial charge in [0.1, 0.15) is 6.04 Å². The van der Waals surface area contributed by atoms with Gasteiger partial charge in [-0.1, -0.05) is 20.3 Å². The van der Waals surface area contributed by atoms with Crippen molar-refractivity contribution in [1.29, 1.82) is 0 Å². The second kappa shape index (κ2) is 6.71. The number of hydrogen-bond acceptors (Lipinski definition) is 4. The molecule has 2 atom stereocenters. The van der Waals surface area contributed by atoms with Gasteiger partial charge in [0.15, 0.2) is 9.84 Å². The standard InChI is InChI=1S/C14H19NO5S/c1-4-9(2)12(14(17)18)15-13(16)10-5-7-11(8-6-10)21(3,19)20/h5-9,12H,4H2,1-3H3,(H,15,16)(H,17,18). The summed E-state index contributed by atoms with van der Waals surface area (Å²) in [5.41, 5.74) is 0.219. The SMILES string of the molecule is CCC(C)C(NC(=O)c1ccc(S(C)(=O)=O)cc1)C(=O)O. The summed E-state index contributed by atoms with van der Waals surface area (Å²) >= 11 is 0. The molecule has 0 aliphatic heterocycles. The van der Waals surface area contributed by atoms with Gasteiger partial charge in [-0.25, -0.2) is 13.2 Å². The van der Waals surface area contributed by atoms with Gasteiger partial charge in [-0.3, -0.25) is 4.79 Å². The first kappa shape index (κ1) is 17.2. The van der Waals surface area contributed by atoms with Crippen LogP contribution in [0.1, 0.15) is 30.6 Å². The summed E-state index contributed by atoms with van der Waals surface area (Å²) in [6.07, 6.45) is 1.69. The lowest BCUT2D eigenvalue weighted by molar-refractivity contribution is -0.140. The number of carbonyl (C=O) groups is 2. The summed E-state index contributed by atoms with van der Waals surface area (Å²) in [6.45, 7) is 3.58. The molecule has 0 saturated carbocycles. The predicted molar refractivity (Wildman–Crippen MR) is 77.9 cm³/mol. The van der Waals surface area contributed by atoms with Crippen LogP contribution >= 0.6 is 0 Å². The van der Waals surface area contributed by atoms with Crippen LogP contribution in [0.15, 0.2) is 29.2 Å². The molecule has 2 N–H and O–H groups in total. The predicted octanol–water partition coefficient (Wildman–Crippen LogP) is 1.32. The molecule has 0 aliphatic carbocycles. The van der Waals surface area contributed by atoms with Crippen molar-refractivity contribution < 1.29 is 23.1 Å². The van der Waals surface area contributed by atoms with Crippen molar-refractivity contribution in [2.24, 2.45) is 5.92 Å². The average molecular weight is 313 g/mol. The van der Waals surface area contributed by atoms with E-state index < -0.39 is 27.8 Å². The second-order valence-electron chi connectivity index (χ2n) is 4.97. The summed E-state index contributed by atoms with van der Waals surface area (Å²) in [7, 11) is -3.32. The first-order valence-electron chi connectivity index (χ1n) is 6.50. The number of carboxylic acid groups (broad SMARTS) is 1. The Bertz CT molecular complexity index is 621. The molecule has 0 saturated heterocycles. The third kappa shape index (κ3) is 4.56. The smallest absolute Gasteiger partial charge is 0.326 e. The van der Waals surface area contributed by atoms with Crippen molar-refractivity contribution in [3.63, 3.8) is 0 Å². The van der Waals surface area contributed by atoms with E-state index in [4.69, 9.17) is 5.11 Å². The van der Waals surface area contributed by atoms with Crippen LogP contribution in [0.2, 0.25) is 0 Å². The molecule has 0 aromatic heterocycles. The molecule has 21 heavy (non-hydrogen) atoms. The number of hydrogen-bond donors (Lipinski definition) is 2. The topological polar surface area (TPSA) is 101 Å². The van der Waals surface area contributed by atoms with Crippen LogP contribution in [0, 0.1) is 5.92 Å². The number of nitrogens with one attached hydrogen (secondary N) is 1. The van der Waals surface area contributed by atoms with Crippen molar-refractivity contribution in [2.75, 3.05) is 6.26 Å². The van der Waals surface area contributed by atoms with Gasteiger partial charge in [-0.05, 0) is 30.2 Å². The van der Waals surface area contributed by atoms with Gasteiger partial charge in [0.05, 0.1) is 4.90 Å². The summed E-state index contributed by atoms with van der Waals surface area (Å²) < 4.78 is 22.7. The Kier molecular flexibility index (Phi) is 5.48. The maximum absolute atomic E-state index is 12.0. The van der Waals surface area contributed by atoms with Crippen LogP contribution in [0.3, 0.4) is 0 Å². The normalized spacial score (nSPS) is 14.2. The monoisotopic (exact) mass is 313 g/mol. The molecule has 0 heterocycles. The molecule has 1 amide bonds. The van der Waals surface area contributed by atoms with Crippen LogP contribution in [0.4, 0.5) is 0 Å². The van der Waals surface area contributed by atoms with Gasteiger partial charge in [-0.15, -0.1) is 0 Å². The first-order chi connectivity index (χ1) is 9.66. The highest BCUT2D eigenvalue weighted by molar-refractivity contribution is 7.90. The fraction of sp³-hybridized carbons (Fsp3) is 0.429. The lowest BCUT2D eigenvalue weighted by Gasteiger charge is -2.20. The number of benzene rings is 1. The molecule has 0 spiro atoms. The van der Waals surface area contributed by atoms with Crippen LogP contribution in [-0.2, 0) is 14.6 Å². The minimum Gasteiger partial charge on any atom is -0.480 e. The number of amides is 1. The van der Waals surface area contributed by atoms with Crippen molar-refractivity contribution in [3.05, 3.63) is 29.8 Å². The highest BCUT2D eigenvalue weighted by Gasteiger charge is 2.25. The lowest BCUT2D eigenvalue weighted by Crippen LogP contribution is -2.45. The van der Waals surface area contributed by atoms with Crippen LogP contribution < -0.4 is 5.32 Å². The Labute approximate surface area is 124 Å². The number of carbonyl (C=O) groups excluding carboxylic acids is 1. The van der Waals surface area contributed by atoms with Gasteiger partial charge in [0.2, 0.25) is 0 Å². The van der Waals surface area contributed by atoms with Gasteiger partial charge < -0.3 is 10.4 Å². The summed E-state index contributed by atoms with van der Waals surface area (Å²) in [6, 6.07) is 4.40. The van der Waals surface area contributed by atoms with Gasteiger partial charge in [-0.2, -0.15) is 0 Å². The molecule has 6 nitrogen and oxygen atoms in total. The summed E-state index contributed by atoms with van der Waals surface area (Å²) in [5, 5.41) is 11.6. The maximum atomic E-state index is 12.0. The zero-order valence-electron chi connectivity index (χ0n) is 12.2. The molecular weight excluding hydrogens is 294 g/mol. The molecule has 0 fully saturated rings. The van der Waals surface area contributed by atoms with Crippen LogP contribution in [-0.4, -0.2) is 37.7 Å². The van der Waals surface area contributed by atoms with E-state index in [-0.39, 0.29) is 16.4 Å². The molecule has 1 aromatic carbocycles. The Hall–Kier alpha value is -1.89. The molecule has 1 aromatic rings. The van der Waals surface area contributed by atoms with E-state index in [0.29, 0.717) is 6.42 Å². The summed E-state index contributed by atoms with van der Waals surface area (Å²) in [5.74, 6) is -1.84. The van der Waals surface area contributed by atoms with Crippen LogP contribution in [0.5, 0.6) is 0 Å². The first-order valence-corrected chi connectivity index (χ1v) is 8.39. The van der Waals surface area contributed by atoms with E-state index in [9.17, 15) is 18.0 Å². The maximum Gasteiger partial charge on any atom is 0.326 e. The Balaban J connectivity index is 2.91. The van der Waals surface area contributed by atoms with E-state index in [0.717, 1.165) is 6.26 Å². The quantitative estimate of drug-likeness (QED) is 0.825. The molecule has 0 radical (unpaired) electrons. The molecule has 116 valence electrons. The Morgan fingerprint density at radius 1 is 1.24 bits per heavy atom. The van der Waals surface area contributed by atoms with E-state index in [2.05, 4.69) is 5.32 Å². The molecule has 0 aliphatic rings. The molecule has 0 bridgehead atoms. The summed E-state index contributed by atoms with van der Waals surface area (Å²) in [4.78, 5) is 23.3. The Morgan fingerprint density at radius 3 is 2.14 bits per heavy atom. The minimum absolute atomic E-state index is 0.107. The second-order valence-corrected chi connectivity index (χ2v) is 6.99. The Morgan fingerprint density at radius 2 is 1.76 bits per heavy atom. The fourth-order valence-corrected chi connectivity index (χ4v) is 2.39. The van der Waals surface area contributed by atoms with Gasteiger partial charge in [0, 0.05) is 11.8 Å². The molecule has 1 rings (SSSR count). The highest BCUT2D eigenvalue weighted by Crippen LogP contribution is 2.12. The number of aliphatic carboxylic acids is 1. The average Bonchev–Trinajstić information content (AvgIpc) is 2.42. The largest absolute Gasteiger partial charge is 0.480 e. The zero-order valence-corrected chi connectivity index (χ0v) is 13.0. The van der Waals surface area contributed by atoms with E-state index in [1.54, 1.807) is 6.92 Å². The number of carboxylic acids is 1. The van der Waals surface area contributed by atoms with Crippen molar-refractivity contribution in [3.8, 4) is 0 Å². The van der Waals surface area contributed by atoms with Crippen molar-refractivity contribution in [2.45, 2.75) is 31.2 Å². The third-order valence-corrected chi connectivity index (χ3v) is 4.44. The zero-order chi connectivity index (χ0) is 16.2. The number of rotatable bonds is 6. The highest BCUT2D eigenvalue weighted by atomic mass is 32.2. The molecular formula is C14H19NO5S. The van der Waals surface area contributed by atoms with Crippen molar-refractivity contribution >= 4 is 21.7 Å². The minimum atomic E-state index is -3.32. The fourth-order valence-electron chi connectivity index (χ4n) is 1.76. The van der Waals surface area contributed by atoms with Gasteiger partial charge in [0.25, 0.3) is 5.91 Å². The lowest BCUT2D eigenvalue weighted by atomic mass is 9.99. The van der Waals surface area contributed by atoms with E-state index in [1.165, 1.54) is 24.3 Å². The van der Waals surface area contributed by atoms with Crippen molar-refractivity contribution in [1.82, 2.24) is 5.32 Å².